The molecule has 0 bridgehead atoms. The topological polar surface area (TPSA) is 70.7 Å². The Morgan fingerprint density at radius 2 is 1.79 bits per heavy atom. The second-order valence-corrected chi connectivity index (χ2v) is 6.55. The van der Waals surface area contributed by atoms with E-state index in [1.54, 1.807) is 24.4 Å². The van der Waals surface area contributed by atoms with Crippen LogP contribution in [0.3, 0.4) is 0 Å². The van der Waals surface area contributed by atoms with Crippen LogP contribution in [0.2, 0.25) is 0 Å². The summed E-state index contributed by atoms with van der Waals surface area (Å²) in [4.78, 5) is 17.0. The number of amides is 1. The van der Waals surface area contributed by atoms with Crippen molar-refractivity contribution in [3.8, 4) is 22.5 Å². The van der Waals surface area contributed by atoms with Crippen LogP contribution < -0.4 is 5.32 Å². The maximum Gasteiger partial charge on any atom is 0.251 e. The van der Waals surface area contributed by atoms with E-state index in [1.807, 2.05) is 42.5 Å². The normalized spacial score (nSPS) is 10.7. The lowest BCUT2D eigenvalue weighted by molar-refractivity contribution is 0.0954. The van der Waals surface area contributed by atoms with Crippen LogP contribution >= 0.6 is 0 Å². The van der Waals surface area contributed by atoms with Crippen LogP contribution in [-0.2, 0) is 6.42 Å². The van der Waals surface area contributed by atoms with Crippen molar-refractivity contribution in [3.63, 3.8) is 0 Å². The van der Waals surface area contributed by atoms with Crippen LogP contribution in [0, 0.1) is 5.82 Å². The molecule has 2 heterocycles. The molecule has 0 unspecified atom stereocenters. The molecule has 6 heteroatoms. The van der Waals surface area contributed by atoms with Gasteiger partial charge in [0.05, 0.1) is 11.4 Å². The second kappa shape index (κ2) is 8.48. The number of carbonyl (C=O) groups is 1. The Balaban J connectivity index is 1.51. The van der Waals surface area contributed by atoms with E-state index in [1.165, 1.54) is 12.1 Å². The predicted molar refractivity (Wildman–Crippen MR) is 110 cm³/mol. The molecule has 0 saturated heterocycles. The number of aromatic nitrogens is 3. The van der Waals surface area contributed by atoms with Gasteiger partial charge in [-0.15, -0.1) is 0 Å². The fourth-order valence-electron chi connectivity index (χ4n) is 3.09. The maximum absolute atomic E-state index is 13.2. The first-order valence-electron chi connectivity index (χ1n) is 9.29. The molecule has 29 heavy (non-hydrogen) atoms. The minimum absolute atomic E-state index is 0.164. The van der Waals surface area contributed by atoms with E-state index in [2.05, 4.69) is 20.5 Å². The van der Waals surface area contributed by atoms with Gasteiger partial charge >= 0.3 is 0 Å². The highest BCUT2D eigenvalue weighted by molar-refractivity contribution is 6.00. The van der Waals surface area contributed by atoms with Crippen molar-refractivity contribution >= 4 is 5.91 Å². The summed E-state index contributed by atoms with van der Waals surface area (Å²) < 4.78 is 13.2. The predicted octanol–water partition coefficient (Wildman–Crippen LogP) is 4.25. The van der Waals surface area contributed by atoms with Gasteiger partial charge in [0, 0.05) is 36.0 Å². The molecule has 0 aliphatic rings. The van der Waals surface area contributed by atoms with E-state index in [4.69, 9.17) is 0 Å². The number of rotatable bonds is 6. The summed E-state index contributed by atoms with van der Waals surface area (Å²) in [5.41, 5.74) is 4.43. The summed E-state index contributed by atoms with van der Waals surface area (Å²) in [6, 6.07) is 21.1. The molecule has 0 radical (unpaired) electrons. The van der Waals surface area contributed by atoms with Gasteiger partial charge in [0.2, 0.25) is 0 Å². The summed E-state index contributed by atoms with van der Waals surface area (Å²) in [7, 11) is 0. The highest BCUT2D eigenvalue weighted by Gasteiger charge is 2.15. The molecule has 0 fully saturated rings. The molecule has 0 aliphatic heterocycles. The third-order valence-corrected chi connectivity index (χ3v) is 4.57. The van der Waals surface area contributed by atoms with Gasteiger partial charge in [-0.3, -0.25) is 14.9 Å². The molecule has 0 atom stereocenters. The minimum atomic E-state index is -0.291. The Morgan fingerprint density at radius 1 is 1.00 bits per heavy atom. The molecule has 144 valence electrons. The first-order chi connectivity index (χ1) is 14.2. The fourth-order valence-corrected chi connectivity index (χ4v) is 3.09. The van der Waals surface area contributed by atoms with Crippen molar-refractivity contribution in [2.24, 2.45) is 0 Å². The highest BCUT2D eigenvalue weighted by Crippen LogP contribution is 2.26. The smallest absolute Gasteiger partial charge is 0.251 e. The van der Waals surface area contributed by atoms with E-state index < -0.39 is 0 Å². The quantitative estimate of drug-likeness (QED) is 0.520. The van der Waals surface area contributed by atoms with Gasteiger partial charge in [0.1, 0.15) is 5.82 Å². The lowest BCUT2D eigenvalue weighted by atomic mass is 10.0. The molecule has 2 N–H and O–H groups in total. The summed E-state index contributed by atoms with van der Waals surface area (Å²) in [6.07, 6.45) is 2.40. The highest BCUT2D eigenvalue weighted by atomic mass is 19.1. The summed E-state index contributed by atoms with van der Waals surface area (Å²) in [5.74, 6) is -0.455. The van der Waals surface area contributed by atoms with E-state index >= 15 is 0 Å². The monoisotopic (exact) mass is 386 g/mol. The number of aromatic amines is 1. The second-order valence-electron chi connectivity index (χ2n) is 6.55. The number of H-pyrrole nitrogens is 1. The first kappa shape index (κ1) is 18.6. The first-order valence-corrected chi connectivity index (χ1v) is 9.29. The van der Waals surface area contributed by atoms with Crippen LogP contribution in [0.1, 0.15) is 16.1 Å². The van der Waals surface area contributed by atoms with Crippen LogP contribution in [0.25, 0.3) is 22.5 Å². The lowest BCUT2D eigenvalue weighted by Gasteiger charge is -2.08. The summed E-state index contributed by atoms with van der Waals surface area (Å²) in [6.45, 7) is 0.492. The number of hydrogen-bond donors (Lipinski definition) is 2. The zero-order valence-corrected chi connectivity index (χ0v) is 15.6. The SMILES string of the molecule is O=C(NCCc1ccccn1)c1ccccc1-c1cc(-c2ccc(F)cc2)[nH]n1. The molecule has 5 nitrogen and oxygen atoms in total. The number of carbonyl (C=O) groups excluding carboxylic acids is 1. The number of hydrogen-bond acceptors (Lipinski definition) is 3. The Hall–Kier alpha value is -3.80. The molecule has 2 aromatic carbocycles. The third kappa shape index (κ3) is 4.38. The molecule has 0 aliphatic carbocycles. The van der Waals surface area contributed by atoms with Gasteiger partial charge in [0.15, 0.2) is 0 Å². The number of pyridine rings is 1. The van der Waals surface area contributed by atoms with Crippen molar-refractivity contribution in [3.05, 3.63) is 96.1 Å². The van der Waals surface area contributed by atoms with Gasteiger partial charge in [-0.25, -0.2) is 4.39 Å². The molecule has 4 aromatic rings. The largest absolute Gasteiger partial charge is 0.352 e. The van der Waals surface area contributed by atoms with Crippen molar-refractivity contribution in [2.75, 3.05) is 6.54 Å². The summed E-state index contributed by atoms with van der Waals surface area (Å²) in [5, 5.41) is 10.2. The van der Waals surface area contributed by atoms with Crippen molar-refractivity contribution in [1.82, 2.24) is 20.5 Å². The molecule has 4 rings (SSSR count). The maximum atomic E-state index is 13.2. The molecule has 2 aromatic heterocycles. The Kier molecular flexibility index (Phi) is 5.42. The number of halogens is 1. The Morgan fingerprint density at radius 3 is 2.59 bits per heavy atom. The van der Waals surface area contributed by atoms with E-state index in [9.17, 15) is 9.18 Å². The van der Waals surface area contributed by atoms with E-state index in [-0.39, 0.29) is 11.7 Å². The third-order valence-electron chi connectivity index (χ3n) is 4.57. The summed E-state index contributed by atoms with van der Waals surface area (Å²) >= 11 is 0. The Bertz CT molecular complexity index is 1110. The van der Waals surface area contributed by atoms with Gasteiger partial charge < -0.3 is 5.32 Å². The average molecular weight is 386 g/mol. The standard InChI is InChI=1S/C23H19FN4O/c24-17-10-8-16(9-11-17)21-15-22(28-27-21)19-6-1-2-7-20(19)23(29)26-14-12-18-5-3-4-13-25-18/h1-11,13,15H,12,14H2,(H,26,29)(H,27,28). The average Bonchev–Trinajstić information content (AvgIpc) is 3.25. The number of nitrogens with one attached hydrogen (secondary N) is 2. The zero-order chi connectivity index (χ0) is 20.1. The molecule has 0 saturated carbocycles. The van der Waals surface area contributed by atoms with Gasteiger partial charge in [0.25, 0.3) is 5.91 Å². The molecule has 1 amide bonds. The molecular weight excluding hydrogens is 367 g/mol. The molecular formula is C23H19FN4O. The lowest BCUT2D eigenvalue weighted by Crippen LogP contribution is -2.26. The van der Waals surface area contributed by atoms with Crippen LogP contribution in [0.15, 0.2) is 79.0 Å². The number of benzene rings is 2. The fraction of sp³-hybridized carbons (Fsp3) is 0.0870. The van der Waals surface area contributed by atoms with Crippen LogP contribution in [0.5, 0.6) is 0 Å². The van der Waals surface area contributed by atoms with Crippen molar-refractivity contribution in [2.45, 2.75) is 6.42 Å². The van der Waals surface area contributed by atoms with Gasteiger partial charge in [-0.1, -0.05) is 24.3 Å². The molecule has 0 spiro atoms. The van der Waals surface area contributed by atoms with E-state index in [0.717, 1.165) is 22.5 Å². The number of nitrogens with zero attached hydrogens (tertiary/aromatic N) is 2. The van der Waals surface area contributed by atoms with Crippen LogP contribution in [-0.4, -0.2) is 27.6 Å². The zero-order valence-electron chi connectivity index (χ0n) is 15.6. The van der Waals surface area contributed by atoms with Gasteiger partial charge in [-0.2, -0.15) is 5.10 Å². The minimum Gasteiger partial charge on any atom is -0.352 e. The van der Waals surface area contributed by atoms with Gasteiger partial charge in [-0.05, 0) is 54.1 Å². The van der Waals surface area contributed by atoms with E-state index in [0.29, 0.717) is 24.2 Å². The van der Waals surface area contributed by atoms with Crippen molar-refractivity contribution in [1.29, 1.82) is 0 Å². The van der Waals surface area contributed by atoms with Crippen molar-refractivity contribution < 1.29 is 9.18 Å². The Labute approximate surface area is 167 Å². The van der Waals surface area contributed by atoms with Crippen LogP contribution in [0.4, 0.5) is 4.39 Å².